The summed E-state index contributed by atoms with van der Waals surface area (Å²) in [6.45, 7) is 5.72. The van der Waals surface area contributed by atoms with Crippen molar-refractivity contribution < 1.29 is 4.74 Å². The average Bonchev–Trinajstić information content (AvgIpc) is 2.76. The average molecular weight is 215 g/mol. The first-order chi connectivity index (χ1) is 7.83. The number of nitrogens with zero attached hydrogens (tertiary/aromatic N) is 2. The molecule has 4 nitrogen and oxygen atoms in total. The molecule has 0 bridgehead atoms. The van der Waals surface area contributed by atoms with Gasteiger partial charge in [-0.3, -0.25) is 0 Å². The van der Waals surface area contributed by atoms with Crippen molar-refractivity contribution in [3.05, 3.63) is 42.1 Å². The largest absolute Gasteiger partial charge is 0.436 e. The third-order valence-corrected chi connectivity index (χ3v) is 2.23. The number of ether oxygens (including phenoxy) is 1. The van der Waals surface area contributed by atoms with Gasteiger partial charge in [-0.1, -0.05) is 31.7 Å². The normalized spacial score (nSPS) is 10.1. The fourth-order valence-electron chi connectivity index (χ4n) is 1.37. The fraction of sp³-hybridized carbons (Fsp3) is 0.167. The van der Waals surface area contributed by atoms with Crippen molar-refractivity contribution in [3.8, 4) is 11.6 Å². The molecule has 0 aliphatic carbocycles. The van der Waals surface area contributed by atoms with Gasteiger partial charge in [0.2, 0.25) is 0 Å². The van der Waals surface area contributed by atoms with Crippen molar-refractivity contribution in [1.82, 2.24) is 15.4 Å². The standard InChI is InChI=1S/C12H13N3O/c1-3-9-6-5-7-10(8-9)16-12-11(4-2)13-15-14-12/h3,5-8H,1,4H2,2H3,(H,13,14,15). The third-order valence-electron chi connectivity index (χ3n) is 2.23. The predicted molar refractivity (Wildman–Crippen MR) is 62.4 cm³/mol. The van der Waals surface area contributed by atoms with Crippen LogP contribution < -0.4 is 4.74 Å². The summed E-state index contributed by atoms with van der Waals surface area (Å²) in [5, 5.41) is 10.5. The number of aromatic nitrogens is 3. The summed E-state index contributed by atoms with van der Waals surface area (Å²) < 4.78 is 5.63. The number of rotatable bonds is 4. The van der Waals surface area contributed by atoms with E-state index in [-0.39, 0.29) is 0 Å². The minimum Gasteiger partial charge on any atom is -0.436 e. The van der Waals surface area contributed by atoms with E-state index in [9.17, 15) is 0 Å². The van der Waals surface area contributed by atoms with Gasteiger partial charge in [-0.25, -0.2) is 0 Å². The Kier molecular flexibility index (Phi) is 3.00. The molecule has 82 valence electrons. The molecular formula is C12H13N3O. The first-order valence-electron chi connectivity index (χ1n) is 5.13. The van der Waals surface area contributed by atoms with Gasteiger partial charge in [-0.2, -0.15) is 10.3 Å². The Bertz CT molecular complexity index is 491. The Morgan fingerprint density at radius 2 is 2.31 bits per heavy atom. The topological polar surface area (TPSA) is 50.8 Å². The second-order valence-electron chi connectivity index (χ2n) is 3.31. The van der Waals surface area contributed by atoms with E-state index in [2.05, 4.69) is 22.0 Å². The highest BCUT2D eigenvalue weighted by Gasteiger charge is 2.07. The maximum absolute atomic E-state index is 5.63. The zero-order valence-electron chi connectivity index (χ0n) is 9.10. The lowest BCUT2D eigenvalue weighted by atomic mass is 10.2. The lowest BCUT2D eigenvalue weighted by Gasteiger charge is -2.03. The summed E-state index contributed by atoms with van der Waals surface area (Å²) in [7, 11) is 0. The molecule has 0 saturated carbocycles. The lowest BCUT2D eigenvalue weighted by Crippen LogP contribution is -1.89. The van der Waals surface area contributed by atoms with Gasteiger partial charge in [0.25, 0.3) is 5.88 Å². The number of aromatic amines is 1. The smallest absolute Gasteiger partial charge is 0.261 e. The van der Waals surface area contributed by atoms with Gasteiger partial charge in [0, 0.05) is 0 Å². The summed E-state index contributed by atoms with van der Waals surface area (Å²) in [6, 6.07) is 7.66. The molecule has 0 aliphatic rings. The molecule has 1 aromatic carbocycles. The zero-order valence-corrected chi connectivity index (χ0v) is 9.10. The van der Waals surface area contributed by atoms with Gasteiger partial charge in [-0.15, -0.1) is 5.10 Å². The van der Waals surface area contributed by atoms with Crippen LogP contribution in [0.25, 0.3) is 6.08 Å². The van der Waals surface area contributed by atoms with E-state index >= 15 is 0 Å². The molecule has 0 amide bonds. The van der Waals surface area contributed by atoms with Gasteiger partial charge in [-0.05, 0) is 24.1 Å². The summed E-state index contributed by atoms with van der Waals surface area (Å²) in [5.74, 6) is 1.27. The van der Waals surface area contributed by atoms with Gasteiger partial charge < -0.3 is 4.74 Å². The Morgan fingerprint density at radius 3 is 3.06 bits per heavy atom. The molecule has 2 aromatic rings. The molecule has 16 heavy (non-hydrogen) atoms. The summed E-state index contributed by atoms with van der Waals surface area (Å²) in [4.78, 5) is 0. The molecule has 0 fully saturated rings. The molecule has 1 N–H and O–H groups in total. The summed E-state index contributed by atoms with van der Waals surface area (Å²) in [5.41, 5.74) is 1.84. The molecule has 0 radical (unpaired) electrons. The number of hydrogen-bond donors (Lipinski definition) is 1. The van der Waals surface area contributed by atoms with E-state index in [4.69, 9.17) is 4.74 Å². The fourth-order valence-corrected chi connectivity index (χ4v) is 1.37. The molecule has 4 heteroatoms. The zero-order chi connectivity index (χ0) is 11.4. The van der Waals surface area contributed by atoms with Crippen LogP contribution in [0.1, 0.15) is 18.2 Å². The SMILES string of the molecule is C=Cc1cccc(Oc2n[nH]nc2CC)c1. The minimum atomic E-state index is 0.531. The van der Waals surface area contributed by atoms with Crippen LogP contribution in [0, 0.1) is 0 Å². The monoisotopic (exact) mass is 215 g/mol. The second kappa shape index (κ2) is 4.61. The van der Waals surface area contributed by atoms with E-state index in [0.29, 0.717) is 5.88 Å². The predicted octanol–water partition coefficient (Wildman–Crippen LogP) is 2.80. The Labute approximate surface area is 94.0 Å². The van der Waals surface area contributed by atoms with Crippen LogP contribution in [0.15, 0.2) is 30.8 Å². The Morgan fingerprint density at radius 1 is 1.44 bits per heavy atom. The van der Waals surface area contributed by atoms with Crippen molar-refractivity contribution in [1.29, 1.82) is 0 Å². The second-order valence-corrected chi connectivity index (χ2v) is 3.31. The highest BCUT2D eigenvalue weighted by atomic mass is 16.5. The molecule has 2 rings (SSSR count). The quantitative estimate of drug-likeness (QED) is 0.853. The lowest BCUT2D eigenvalue weighted by molar-refractivity contribution is 0.456. The van der Waals surface area contributed by atoms with E-state index in [1.807, 2.05) is 31.2 Å². The van der Waals surface area contributed by atoms with E-state index in [1.165, 1.54) is 0 Å². The highest BCUT2D eigenvalue weighted by Crippen LogP contribution is 2.22. The maximum Gasteiger partial charge on any atom is 0.261 e. The number of H-pyrrole nitrogens is 1. The van der Waals surface area contributed by atoms with Crippen molar-refractivity contribution >= 4 is 6.08 Å². The van der Waals surface area contributed by atoms with Crippen LogP contribution in [-0.4, -0.2) is 15.4 Å². The Balaban J connectivity index is 2.23. The number of aryl methyl sites for hydroxylation is 1. The van der Waals surface area contributed by atoms with Crippen molar-refractivity contribution in [3.63, 3.8) is 0 Å². The van der Waals surface area contributed by atoms with Crippen LogP contribution >= 0.6 is 0 Å². The molecule has 0 saturated heterocycles. The van der Waals surface area contributed by atoms with E-state index < -0.39 is 0 Å². The molecule has 1 aromatic heterocycles. The van der Waals surface area contributed by atoms with Crippen LogP contribution in [0.5, 0.6) is 11.6 Å². The van der Waals surface area contributed by atoms with Gasteiger partial charge in [0.15, 0.2) is 0 Å². The van der Waals surface area contributed by atoms with Crippen molar-refractivity contribution in [2.45, 2.75) is 13.3 Å². The molecule has 0 spiro atoms. The Hall–Kier alpha value is -2.10. The van der Waals surface area contributed by atoms with Crippen LogP contribution in [-0.2, 0) is 6.42 Å². The summed E-state index contributed by atoms with van der Waals surface area (Å²) >= 11 is 0. The highest BCUT2D eigenvalue weighted by molar-refractivity contribution is 5.50. The van der Waals surface area contributed by atoms with E-state index in [0.717, 1.165) is 23.4 Å². The summed E-state index contributed by atoms with van der Waals surface area (Å²) in [6.07, 6.45) is 2.56. The molecule has 0 aliphatic heterocycles. The van der Waals surface area contributed by atoms with Gasteiger partial charge in [0.1, 0.15) is 11.4 Å². The first kappa shape index (κ1) is 10.4. The van der Waals surface area contributed by atoms with Crippen LogP contribution in [0.4, 0.5) is 0 Å². The van der Waals surface area contributed by atoms with Crippen molar-refractivity contribution in [2.75, 3.05) is 0 Å². The molecule has 0 atom stereocenters. The van der Waals surface area contributed by atoms with Gasteiger partial charge >= 0.3 is 0 Å². The van der Waals surface area contributed by atoms with Crippen molar-refractivity contribution in [2.24, 2.45) is 0 Å². The number of benzene rings is 1. The van der Waals surface area contributed by atoms with Crippen LogP contribution in [0.3, 0.4) is 0 Å². The first-order valence-corrected chi connectivity index (χ1v) is 5.13. The minimum absolute atomic E-state index is 0.531. The number of nitrogens with one attached hydrogen (secondary N) is 1. The van der Waals surface area contributed by atoms with Gasteiger partial charge in [0.05, 0.1) is 0 Å². The number of hydrogen-bond acceptors (Lipinski definition) is 3. The third kappa shape index (κ3) is 2.11. The molecule has 0 unspecified atom stereocenters. The maximum atomic E-state index is 5.63. The molecular weight excluding hydrogens is 202 g/mol. The van der Waals surface area contributed by atoms with Crippen LogP contribution in [0.2, 0.25) is 0 Å². The van der Waals surface area contributed by atoms with E-state index in [1.54, 1.807) is 6.08 Å². The molecule has 1 heterocycles.